The van der Waals surface area contributed by atoms with Crippen molar-refractivity contribution in [1.82, 2.24) is 15.5 Å². The van der Waals surface area contributed by atoms with E-state index in [9.17, 15) is 0 Å². The van der Waals surface area contributed by atoms with Gasteiger partial charge in [-0.15, -0.1) is 0 Å². The van der Waals surface area contributed by atoms with Gasteiger partial charge in [0.05, 0.1) is 5.69 Å². The summed E-state index contributed by atoms with van der Waals surface area (Å²) in [6.45, 7) is 0.860. The summed E-state index contributed by atoms with van der Waals surface area (Å²) < 4.78 is 0. The molecule has 3 nitrogen and oxygen atoms in total. The Kier molecular flexibility index (Phi) is 2.32. The van der Waals surface area contributed by atoms with Crippen LogP contribution in [0.3, 0.4) is 0 Å². The van der Waals surface area contributed by atoms with E-state index in [0.29, 0.717) is 0 Å². The Hall–Kier alpha value is -0.960. The van der Waals surface area contributed by atoms with Crippen molar-refractivity contribution in [3.05, 3.63) is 24.0 Å². The normalized spacial score (nSPS) is 17.3. The van der Waals surface area contributed by atoms with Crippen LogP contribution in [0.2, 0.25) is 0 Å². The van der Waals surface area contributed by atoms with Crippen LogP contribution < -0.4 is 5.32 Å². The van der Waals surface area contributed by atoms with Crippen molar-refractivity contribution in [3.63, 3.8) is 0 Å². The summed E-state index contributed by atoms with van der Waals surface area (Å²) in [5.41, 5.74) is 1.03. The van der Waals surface area contributed by atoms with E-state index in [4.69, 9.17) is 0 Å². The molecule has 0 unspecified atom stereocenters. The fourth-order valence-corrected chi connectivity index (χ4v) is 1.29. The monoisotopic (exact) mass is 163 g/mol. The Morgan fingerprint density at radius 3 is 3.00 bits per heavy atom. The molecule has 2 rings (SSSR count). The molecule has 1 aromatic rings. The first kappa shape index (κ1) is 7.68. The van der Waals surface area contributed by atoms with Gasteiger partial charge in [-0.3, -0.25) is 0 Å². The maximum absolute atomic E-state index is 4.00. The lowest BCUT2D eigenvalue weighted by Gasteiger charge is -2.26. The second-order valence-corrected chi connectivity index (χ2v) is 3.22. The highest BCUT2D eigenvalue weighted by molar-refractivity contribution is 4.99. The summed E-state index contributed by atoms with van der Waals surface area (Å²) >= 11 is 0. The smallest absolute Gasteiger partial charge is 0.0769 e. The predicted octanol–water partition coefficient (Wildman–Crippen LogP) is 1.12. The van der Waals surface area contributed by atoms with Crippen LogP contribution in [-0.4, -0.2) is 16.2 Å². The second-order valence-electron chi connectivity index (χ2n) is 3.22. The topological polar surface area (TPSA) is 37.8 Å². The van der Waals surface area contributed by atoms with Gasteiger partial charge in [0, 0.05) is 18.8 Å². The van der Waals surface area contributed by atoms with Crippen molar-refractivity contribution in [2.24, 2.45) is 0 Å². The quantitative estimate of drug-likeness (QED) is 0.725. The minimum atomic E-state index is 0.729. The highest BCUT2D eigenvalue weighted by atomic mass is 15.1. The highest BCUT2D eigenvalue weighted by Crippen LogP contribution is 2.18. The molecule has 0 amide bonds. The van der Waals surface area contributed by atoms with Gasteiger partial charge in [0.1, 0.15) is 0 Å². The zero-order valence-electron chi connectivity index (χ0n) is 7.03. The average molecular weight is 163 g/mol. The second kappa shape index (κ2) is 3.63. The molecule has 1 N–H and O–H groups in total. The lowest BCUT2D eigenvalue weighted by molar-refractivity contribution is 0.336. The van der Waals surface area contributed by atoms with E-state index in [1.807, 2.05) is 12.1 Å². The Morgan fingerprint density at radius 1 is 1.50 bits per heavy atom. The van der Waals surface area contributed by atoms with Crippen LogP contribution in [0.15, 0.2) is 18.3 Å². The highest BCUT2D eigenvalue weighted by Gasteiger charge is 2.15. The van der Waals surface area contributed by atoms with Crippen molar-refractivity contribution in [3.8, 4) is 0 Å². The third-order valence-electron chi connectivity index (χ3n) is 2.30. The molecule has 0 aliphatic heterocycles. The van der Waals surface area contributed by atoms with Gasteiger partial charge in [-0.25, -0.2) is 0 Å². The third kappa shape index (κ3) is 1.80. The first-order valence-electron chi connectivity index (χ1n) is 4.45. The Labute approximate surface area is 72.2 Å². The standard InChI is InChI=1S/C9H13N3/c1-3-8(4-1)10-7-9-5-2-6-11-12-9/h2,5-6,8,10H,1,3-4,7H2. The number of rotatable bonds is 3. The SMILES string of the molecule is c1cnnc(CNC2CCC2)c1. The van der Waals surface area contributed by atoms with Gasteiger partial charge in [0.25, 0.3) is 0 Å². The van der Waals surface area contributed by atoms with Crippen molar-refractivity contribution in [1.29, 1.82) is 0 Å². The number of nitrogens with one attached hydrogen (secondary N) is 1. The van der Waals surface area contributed by atoms with Crippen molar-refractivity contribution in [2.75, 3.05) is 0 Å². The van der Waals surface area contributed by atoms with Gasteiger partial charge in [0.15, 0.2) is 0 Å². The molecule has 0 saturated heterocycles. The van der Waals surface area contributed by atoms with E-state index in [0.717, 1.165) is 18.3 Å². The molecule has 0 radical (unpaired) electrons. The van der Waals surface area contributed by atoms with Crippen molar-refractivity contribution >= 4 is 0 Å². The maximum atomic E-state index is 4.00. The molecule has 0 spiro atoms. The van der Waals surface area contributed by atoms with E-state index < -0.39 is 0 Å². The van der Waals surface area contributed by atoms with Crippen LogP contribution in [0.25, 0.3) is 0 Å². The number of hydrogen-bond donors (Lipinski definition) is 1. The molecule has 12 heavy (non-hydrogen) atoms. The summed E-state index contributed by atoms with van der Waals surface area (Å²) in [6, 6.07) is 4.65. The third-order valence-corrected chi connectivity index (χ3v) is 2.30. The van der Waals surface area contributed by atoms with E-state index in [2.05, 4.69) is 15.5 Å². The van der Waals surface area contributed by atoms with Gasteiger partial charge in [-0.05, 0) is 25.0 Å². The van der Waals surface area contributed by atoms with E-state index >= 15 is 0 Å². The first-order valence-corrected chi connectivity index (χ1v) is 4.45. The Morgan fingerprint density at radius 2 is 2.42 bits per heavy atom. The summed E-state index contributed by atoms with van der Waals surface area (Å²) in [5, 5.41) is 11.2. The first-order chi connectivity index (χ1) is 5.95. The molecular weight excluding hydrogens is 150 g/mol. The molecule has 1 saturated carbocycles. The number of aromatic nitrogens is 2. The zero-order valence-corrected chi connectivity index (χ0v) is 7.03. The summed E-state index contributed by atoms with van der Waals surface area (Å²) in [4.78, 5) is 0. The molecule has 1 aliphatic carbocycles. The molecule has 1 heterocycles. The summed E-state index contributed by atoms with van der Waals surface area (Å²) in [6.07, 6.45) is 5.71. The van der Waals surface area contributed by atoms with Gasteiger partial charge < -0.3 is 5.32 Å². The van der Waals surface area contributed by atoms with Gasteiger partial charge in [-0.1, -0.05) is 6.42 Å². The molecule has 0 atom stereocenters. The van der Waals surface area contributed by atoms with Crippen LogP contribution in [0, 0.1) is 0 Å². The summed E-state index contributed by atoms with van der Waals surface area (Å²) in [5.74, 6) is 0. The van der Waals surface area contributed by atoms with Crippen LogP contribution in [0.5, 0.6) is 0 Å². The van der Waals surface area contributed by atoms with E-state index in [1.165, 1.54) is 19.3 Å². The molecule has 0 aromatic carbocycles. The van der Waals surface area contributed by atoms with Gasteiger partial charge >= 0.3 is 0 Å². The van der Waals surface area contributed by atoms with Crippen LogP contribution in [0.4, 0.5) is 0 Å². The average Bonchev–Trinajstić information content (AvgIpc) is 2.04. The van der Waals surface area contributed by atoms with Gasteiger partial charge in [0.2, 0.25) is 0 Å². The van der Waals surface area contributed by atoms with Crippen LogP contribution >= 0.6 is 0 Å². The minimum absolute atomic E-state index is 0.729. The lowest BCUT2D eigenvalue weighted by atomic mass is 9.93. The van der Waals surface area contributed by atoms with Crippen molar-refractivity contribution < 1.29 is 0 Å². The molecule has 3 heteroatoms. The zero-order chi connectivity index (χ0) is 8.23. The fourth-order valence-electron chi connectivity index (χ4n) is 1.29. The Bertz CT molecular complexity index is 231. The fraction of sp³-hybridized carbons (Fsp3) is 0.556. The molecule has 1 aromatic heterocycles. The maximum Gasteiger partial charge on any atom is 0.0769 e. The van der Waals surface area contributed by atoms with Crippen LogP contribution in [0.1, 0.15) is 25.0 Å². The molecule has 64 valence electrons. The van der Waals surface area contributed by atoms with E-state index in [-0.39, 0.29) is 0 Å². The number of nitrogens with zero attached hydrogens (tertiary/aromatic N) is 2. The van der Waals surface area contributed by atoms with Gasteiger partial charge in [-0.2, -0.15) is 10.2 Å². The summed E-state index contributed by atoms with van der Waals surface area (Å²) in [7, 11) is 0. The molecule has 0 bridgehead atoms. The van der Waals surface area contributed by atoms with Crippen LogP contribution in [-0.2, 0) is 6.54 Å². The Balaban J connectivity index is 1.79. The molecule has 1 fully saturated rings. The predicted molar refractivity (Wildman–Crippen MR) is 46.5 cm³/mol. The van der Waals surface area contributed by atoms with Crippen molar-refractivity contribution in [2.45, 2.75) is 31.8 Å². The lowest BCUT2D eigenvalue weighted by Crippen LogP contribution is -2.34. The molecular formula is C9H13N3. The minimum Gasteiger partial charge on any atom is -0.308 e. The number of hydrogen-bond acceptors (Lipinski definition) is 3. The molecule has 1 aliphatic rings. The largest absolute Gasteiger partial charge is 0.308 e. The van der Waals surface area contributed by atoms with E-state index in [1.54, 1.807) is 6.20 Å².